The summed E-state index contributed by atoms with van der Waals surface area (Å²) in [6.07, 6.45) is -0.532. The molecule has 0 fully saturated rings. The highest BCUT2D eigenvalue weighted by molar-refractivity contribution is 5.96. The van der Waals surface area contributed by atoms with E-state index in [0.717, 1.165) is 0 Å². The second-order valence-electron chi connectivity index (χ2n) is 5.32. The zero-order chi connectivity index (χ0) is 18.2. The Morgan fingerprint density at radius 2 is 1.72 bits per heavy atom. The van der Waals surface area contributed by atoms with E-state index in [9.17, 15) is 14.0 Å². The molecule has 132 valence electrons. The number of halogens is 1. The summed E-state index contributed by atoms with van der Waals surface area (Å²) in [6.45, 7) is 3.85. The number of amides is 1. The minimum absolute atomic E-state index is 0.252. The number of carbonyl (C=O) groups is 2. The third-order valence-corrected chi connectivity index (χ3v) is 3.47. The Morgan fingerprint density at radius 1 is 1.08 bits per heavy atom. The minimum atomic E-state index is -0.573. The molecule has 0 unspecified atom stereocenters. The maximum Gasteiger partial charge on any atom is 0.326 e. The van der Waals surface area contributed by atoms with E-state index in [1.165, 1.54) is 12.1 Å². The summed E-state index contributed by atoms with van der Waals surface area (Å²) in [5, 5.41) is 2.50. The van der Waals surface area contributed by atoms with E-state index in [4.69, 9.17) is 9.47 Å². The topological polar surface area (TPSA) is 64.6 Å². The van der Waals surface area contributed by atoms with E-state index >= 15 is 0 Å². The zero-order valence-corrected chi connectivity index (χ0v) is 14.1. The Morgan fingerprint density at radius 3 is 2.32 bits per heavy atom. The van der Waals surface area contributed by atoms with Gasteiger partial charge in [-0.1, -0.05) is 12.1 Å². The lowest BCUT2D eigenvalue weighted by Gasteiger charge is -2.14. The Labute approximate surface area is 145 Å². The van der Waals surface area contributed by atoms with Crippen LogP contribution in [0.3, 0.4) is 0 Å². The van der Waals surface area contributed by atoms with Crippen LogP contribution in [0.1, 0.15) is 35.9 Å². The molecule has 0 saturated heterocycles. The molecule has 0 heterocycles. The summed E-state index contributed by atoms with van der Waals surface area (Å²) in [4.78, 5) is 23.8. The number of nitrogens with one attached hydrogen (secondary N) is 1. The lowest BCUT2D eigenvalue weighted by Crippen LogP contribution is -2.31. The molecule has 1 N–H and O–H groups in total. The van der Waals surface area contributed by atoms with Gasteiger partial charge in [0.1, 0.15) is 24.2 Å². The highest BCUT2D eigenvalue weighted by Gasteiger charge is 2.13. The van der Waals surface area contributed by atoms with Gasteiger partial charge < -0.3 is 14.8 Å². The molecule has 0 bridgehead atoms. The van der Waals surface area contributed by atoms with E-state index in [0.29, 0.717) is 23.5 Å². The molecule has 0 aliphatic heterocycles. The van der Waals surface area contributed by atoms with Gasteiger partial charge in [0.25, 0.3) is 5.91 Å². The lowest BCUT2D eigenvalue weighted by molar-refractivity contribution is -0.147. The monoisotopic (exact) mass is 345 g/mol. The van der Waals surface area contributed by atoms with Gasteiger partial charge in [0.05, 0.1) is 6.61 Å². The predicted octanol–water partition coefficient (Wildman–Crippen LogP) is 3.26. The minimum Gasteiger partial charge on any atom is -0.494 e. The summed E-state index contributed by atoms with van der Waals surface area (Å²) in [7, 11) is 0. The third kappa shape index (κ3) is 5.60. The first-order valence-corrected chi connectivity index (χ1v) is 7.95. The van der Waals surface area contributed by atoms with Gasteiger partial charge in [0.2, 0.25) is 0 Å². The molecule has 0 aliphatic carbocycles. The Hall–Kier alpha value is -2.89. The van der Waals surface area contributed by atoms with Crippen LogP contribution in [0.4, 0.5) is 4.39 Å². The van der Waals surface area contributed by atoms with Crippen LogP contribution in [-0.2, 0) is 9.53 Å². The summed E-state index contributed by atoms with van der Waals surface area (Å²) in [6, 6.07) is 12.3. The molecule has 0 aliphatic rings. The average Bonchev–Trinajstić information content (AvgIpc) is 2.61. The molecule has 1 amide bonds. The van der Waals surface area contributed by atoms with Crippen LogP contribution in [0.15, 0.2) is 48.5 Å². The van der Waals surface area contributed by atoms with Gasteiger partial charge >= 0.3 is 5.97 Å². The second kappa shape index (κ2) is 8.82. The lowest BCUT2D eigenvalue weighted by atomic mass is 10.1. The van der Waals surface area contributed by atoms with Gasteiger partial charge in [-0.25, -0.2) is 4.39 Å². The van der Waals surface area contributed by atoms with E-state index < -0.39 is 12.1 Å². The van der Waals surface area contributed by atoms with Crippen LogP contribution < -0.4 is 10.1 Å². The number of ether oxygens (including phenoxy) is 2. The van der Waals surface area contributed by atoms with Crippen molar-refractivity contribution in [2.24, 2.45) is 0 Å². The molecule has 1 atom stereocenters. The van der Waals surface area contributed by atoms with Gasteiger partial charge in [0, 0.05) is 5.56 Å². The Bertz CT molecular complexity index is 713. The van der Waals surface area contributed by atoms with Crippen molar-refractivity contribution in [3.05, 3.63) is 65.5 Å². The number of esters is 1. The predicted molar refractivity (Wildman–Crippen MR) is 90.9 cm³/mol. The zero-order valence-electron chi connectivity index (χ0n) is 14.1. The quantitative estimate of drug-likeness (QED) is 0.783. The molecule has 2 rings (SSSR count). The van der Waals surface area contributed by atoms with Crippen molar-refractivity contribution in [3.8, 4) is 5.75 Å². The van der Waals surface area contributed by atoms with Crippen LogP contribution in [0.2, 0.25) is 0 Å². The summed E-state index contributed by atoms with van der Waals surface area (Å²) in [5.41, 5.74) is 1.09. The van der Waals surface area contributed by atoms with E-state index in [1.807, 2.05) is 6.92 Å². The molecule has 0 saturated carbocycles. The molecule has 2 aromatic rings. The van der Waals surface area contributed by atoms with E-state index in [2.05, 4.69) is 5.32 Å². The Balaban J connectivity index is 1.82. The fourth-order valence-electron chi connectivity index (χ4n) is 2.16. The molecular weight excluding hydrogens is 325 g/mol. The molecule has 2 aromatic carbocycles. The third-order valence-electron chi connectivity index (χ3n) is 3.47. The van der Waals surface area contributed by atoms with Crippen LogP contribution in [0, 0.1) is 5.82 Å². The number of rotatable bonds is 7. The van der Waals surface area contributed by atoms with E-state index in [-0.39, 0.29) is 18.3 Å². The highest BCUT2D eigenvalue weighted by Crippen LogP contribution is 2.17. The first-order valence-electron chi connectivity index (χ1n) is 7.95. The first-order chi connectivity index (χ1) is 12.0. The number of hydrogen-bond donors (Lipinski definition) is 1. The summed E-state index contributed by atoms with van der Waals surface area (Å²) < 4.78 is 23.4. The molecule has 0 radical (unpaired) electrons. The molecule has 6 heteroatoms. The van der Waals surface area contributed by atoms with Crippen LogP contribution >= 0.6 is 0 Å². The van der Waals surface area contributed by atoms with Crippen LogP contribution in [0.25, 0.3) is 0 Å². The SMILES string of the molecule is CCOc1ccc(C(=O)NCC(=O)O[C@@H](C)c2ccc(F)cc2)cc1. The number of benzene rings is 2. The van der Waals surface area contributed by atoms with Crippen molar-refractivity contribution in [2.75, 3.05) is 13.2 Å². The van der Waals surface area contributed by atoms with Crippen LogP contribution in [-0.4, -0.2) is 25.0 Å². The molecular formula is C19H20FNO4. The van der Waals surface area contributed by atoms with Crippen molar-refractivity contribution in [1.29, 1.82) is 0 Å². The molecule has 5 nitrogen and oxygen atoms in total. The smallest absolute Gasteiger partial charge is 0.326 e. The van der Waals surface area contributed by atoms with Crippen molar-refractivity contribution in [2.45, 2.75) is 20.0 Å². The van der Waals surface area contributed by atoms with Crippen LogP contribution in [0.5, 0.6) is 5.75 Å². The number of carbonyl (C=O) groups excluding carboxylic acids is 2. The molecule has 25 heavy (non-hydrogen) atoms. The van der Waals surface area contributed by atoms with Crippen molar-refractivity contribution in [1.82, 2.24) is 5.32 Å². The van der Waals surface area contributed by atoms with E-state index in [1.54, 1.807) is 43.3 Å². The van der Waals surface area contributed by atoms with Gasteiger partial charge in [0.15, 0.2) is 0 Å². The summed E-state index contributed by atoms with van der Waals surface area (Å²) in [5.74, 6) is -0.637. The van der Waals surface area contributed by atoms with Crippen molar-refractivity contribution < 1.29 is 23.5 Å². The molecule has 0 spiro atoms. The highest BCUT2D eigenvalue weighted by atomic mass is 19.1. The largest absolute Gasteiger partial charge is 0.494 e. The standard InChI is InChI=1S/C19H20FNO4/c1-3-24-17-10-6-15(7-11-17)19(23)21-12-18(22)25-13(2)14-4-8-16(20)9-5-14/h4-11,13H,3,12H2,1-2H3,(H,21,23)/t13-/m0/s1. The van der Waals surface area contributed by atoms with Gasteiger partial charge in [-0.3, -0.25) is 9.59 Å². The maximum atomic E-state index is 12.9. The Kier molecular flexibility index (Phi) is 6.51. The fraction of sp³-hybridized carbons (Fsp3) is 0.263. The maximum absolute atomic E-state index is 12.9. The fourth-order valence-corrected chi connectivity index (χ4v) is 2.16. The second-order valence-corrected chi connectivity index (χ2v) is 5.32. The van der Waals surface area contributed by atoms with Crippen molar-refractivity contribution in [3.63, 3.8) is 0 Å². The van der Waals surface area contributed by atoms with Gasteiger partial charge in [-0.05, 0) is 55.8 Å². The van der Waals surface area contributed by atoms with Crippen molar-refractivity contribution >= 4 is 11.9 Å². The van der Waals surface area contributed by atoms with Gasteiger partial charge in [-0.2, -0.15) is 0 Å². The summed E-state index contributed by atoms with van der Waals surface area (Å²) >= 11 is 0. The van der Waals surface area contributed by atoms with Gasteiger partial charge in [-0.15, -0.1) is 0 Å². The first kappa shape index (κ1) is 18.4. The molecule has 0 aromatic heterocycles. The normalized spacial score (nSPS) is 11.5. The number of hydrogen-bond acceptors (Lipinski definition) is 4. The average molecular weight is 345 g/mol.